The minimum Gasteiger partial charge on any atom is -0.326 e. The zero-order valence-corrected chi connectivity index (χ0v) is 9.79. The summed E-state index contributed by atoms with van der Waals surface area (Å²) in [5, 5.41) is 3.51. The average molecular weight is 206 g/mol. The Balaban J connectivity index is 2.43. The maximum Gasteiger partial charge on any atom is 0.0208 e. The maximum atomic E-state index is 5.60. The predicted octanol–water partition coefficient (Wildman–Crippen LogP) is 2.42. The molecule has 0 bridgehead atoms. The molecular formula is C13H22N2. The molecule has 0 amide bonds. The molecule has 0 radical (unpaired) electrons. The molecule has 2 nitrogen and oxygen atoms in total. The summed E-state index contributed by atoms with van der Waals surface area (Å²) in [4.78, 5) is 0. The van der Waals surface area contributed by atoms with Crippen LogP contribution in [0.3, 0.4) is 0 Å². The van der Waals surface area contributed by atoms with Crippen molar-refractivity contribution in [3.05, 3.63) is 35.4 Å². The van der Waals surface area contributed by atoms with Gasteiger partial charge in [0.25, 0.3) is 0 Å². The van der Waals surface area contributed by atoms with Crippen LogP contribution in [-0.2, 0) is 13.1 Å². The van der Waals surface area contributed by atoms with E-state index in [9.17, 15) is 0 Å². The highest BCUT2D eigenvalue weighted by Gasteiger charge is 2.00. The Bertz CT molecular complexity index is 284. The number of nitrogens with one attached hydrogen (secondary N) is 1. The highest BCUT2D eigenvalue weighted by atomic mass is 14.9. The number of rotatable bonds is 6. The molecular weight excluding hydrogens is 184 g/mol. The third-order valence-corrected chi connectivity index (χ3v) is 2.60. The van der Waals surface area contributed by atoms with E-state index in [1.807, 2.05) is 0 Å². The molecule has 1 aromatic carbocycles. The van der Waals surface area contributed by atoms with Gasteiger partial charge >= 0.3 is 0 Å². The molecule has 1 rings (SSSR count). The van der Waals surface area contributed by atoms with Crippen molar-refractivity contribution in [2.45, 2.75) is 45.8 Å². The number of hydrogen-bond donors (Lipinski definition) is 2. The Kier molecular flexibility index (Phi) is 5.37. The third-order valence-electron chi connectivity index (χ3n) is 2.60. The van der Waals surface area contributed by atoms with Gasteiger partial charge in [0.1, 0.15) is 0 Å². The molecule has 0 saturated heterocycles. The largest absolute Gasteiger partial charge is 0.326 e. The molecule has 84 valence electrons. The van der Waals surface area contributed by atoms with Crippen LogP contribution in [0.1, 0.15) is 37.8 Å². The zero-order valence-electron chi connectivity index (χ0n) is 9.79. The van der Waals surface area contributed by atoms with E-state index in [4.69, 9.17) is 5.73 Å². The summed E-state index contributed by atoms with van der Waals surface area (Å²) in [6, 6.07) is 9.05. The van der Waals surface area contributed by atoms with Gasteiger partial charge in [0.15, 0.2) is 0 Å². The van der Waals surface area contributed by atoms with Crippen LogP contribution in [-0.4, -0.2) is 6.04 Å². The van der Waals surface area contributed by atoms with Crippen molar-refractivity contribution in [1.82, 2.24) is 5.32 Å². The minimum atomic E-state index is 0.594. The van der Waals surface area contributed by atoms with Crippen molar-refractivity contribution in [2.24, 2.45) is 5.73 Å². The first kappa shape index (κ1) is 12.2. The summed E-state index contributed by atoms with van der Waals surface area (Å²) in [5.41, 5.74) is 8.13. The van der Waals surface area contributed by atoms with Gasteiger partial charge in [-0.25, -0.2) is 0 Å². The lowest BCUT2D eigenvalue weighted by Crippen LogP contribution is -2.25. The lowest BCUT2D eigenvalue weighted by molar-refractivity contribution is 0.508. The molecule has 0 aromatic heterocycles. The molecule has 0 heterocycles. The molecule has 15 heavy (non-hydrogen) atoms. The summed E-state index contributed by atoms with van der Waals surface area (Å²) in [7, 11) is 0. The fourth-order valence-corrected chi connectivity index (χ4v) is 1.69. The molecule has 0 aliphatic rings. The Morgan fingerprint density at radius 2 is 2.07 bits per heavy atom. The standard InChI is InChI=1S/C13H22N2/c1-3-5-11(2)15-10-13-7-4-6-12(8-13)9-14/h4,6-8,11,15H,3,5,9-10,14H2,1-2H3. The van der Waals surface area contributed by atoms with Gasteiger partial charge in [0.2, 0.25) is 0 Å². The number of benzene rings is 1. The van der Waals surface area contributed by atoms with Crippen molar-refractivity contribution in [3.8, 4) is 0 Å². The van der Waals surface area contributed by atoms with Crippen LogP contribution in [0.4, 0.5) is 0 Å². The monoisotopic (exact) mass is 206 g/mol. The molecule has 0 aliphatic carbocycles. The Labute approximate surface area is 92.9 Å². The van der Waals surface area contributed by atoms with Gasteiger partial charge in [-0.1, -0.05) is 37.6 Å². The molecule has 1 atom stereocenters. The Hall–Kier alpha value is -0.860. The van der Waals surface area contributed by atoms with E-state index in [1.54, 1.807) is 0 Å². The maximum absolute atomic E-state index is 5.60. The van der Waals surface area contributed by atoms with Crippen LogP contribution < -0.4 is 11.1 Å². The Morgan fingerprint density at radius 1 is 1.33 bits per heavy atom. The summed E-state index contributed by atoms with van der Waals surface area (Å²) >= 11 is 0. The number of nitrogens with two attached hydrogens (primary N) is 1. The summed E-state index contributed by atoms with van der Waals surface area (Å²) in [5.74, 6) is 0. The van der Waals surface area contributed by atoms with Gasteiger partial charge in [0.05, 0.1) is 0 Å². The van der Waals surface area contributed by atoms with E-state index >= 15 is 0 Å². The van der Waals surface area contributed by atoms with Crippen LogP contribution in [0.5, 0.6) is 0 Å². The summed E-state index contributed by atoms with van der Waals surface area (Å²) in [6.45, 7) is 6.01. The van der Waals surface area contributed by atoms with E-state index in [1.165, 1.54) is 24.0 Å². The van der Waals surface area contributed by atoms with Gasteiger partial charge in [-0.3, -0.25) is 0 Å². The first-order valence-electron chi connectivity index (χ1n) is 5.77. The quantitative estimate of drug-likeness (QED) is 0.750. The SMILES string of the molecule is CCCC(C)NCc1cccc(CN)c1. The minimum absolute atomic E-state index is 0.594. The van der Waals surface area contributed by atoms with Gasteiger partial charge in [-0.05, 0) is 24.5 Å². The number of hydrogen-bond acceptors (Lipinski definition) is 2. The lowest BCUT2D eigenvalue weighted by atomic mass is 10.1. The van der Waals surface area contributed by atoms with Crippen molar-refractivity contribution >= 4 is 0 Å². The second-order valence-electron chi connectivity index (χ2n) is 4.09. The van der Waals surface area contributed by atoms with E-state index in [-0.39, 0.29) is 0 Å². The van der Waals surface area contributed by atoms with E-state index in [0.717, 1.165) is 6.54 Å². The summed E-state index contributed by atoms with van der Waals surface area (Å²) in [6.07, 6.45) is 2.47. The van der Waals surface area contributed by atoms with Crippen LogP contribution in [0.15, 0.2) is 24.3 Å². The van der Waals surface area contributed by atoms with Gasteiger partial charge in [-0.15, -0.1) is 0 Å². The molecule has 1 aromatic rings. The van der Waals surface area contributed by atoms with Gasteiger partial charge in [-0.2, -0.15) is 0 Å². The van der Waals surface area contributed by atoms with Gasteiger partial charge < -0.3 is 11.1 Å². The normalized spacial score (nSPS) is 12.7. The van der Waals surface area contributed by atoms with Crippen molar-refractivity contribution < 1.29 is 0 Å². The van der Waals surface area contributed by atoms with Crippen molar-refractivity contribution in [3.63, 3.8) is 0 Å². The van der Waals surface area contributed by atoms with Crippen LogP contribution in [0.25, 0.3) is 0 Å². The van der Waals surface area contributed by atoms with E-state index in [0.29, 0.717) is 12.6 Å². The average Bonchev–Trinajstić information content (AvgIpc) is 2.27. The molecule has 3 N–H and O–H groups in total. The van der Waals surface area contributed by atoms with E-state index in [2.05, 4.69) is 43.4 Å². The van der Waals surface area contributed by atoms with Crippen molar-refractivity contribution in [2.75, 3.05) is 0 Å². The highest BCUT2D eigenvalue weighted by molar-refractivity contribution is 5.23. The first-order valence-corrected chi connectivity index (χ1v) is 5.77. The van der Waals surface area contributed by atoms with Crippen LogP contribution >= 0.6 is 0 Å². The third kappa shape index (κ3) is 4.45. The predicted molar refractivity (Wildman–Crippen MR) is 65.5 cm³/mol. The Morgan fingerprint density at radius 3 is 2.73 bits per heavy atom. The smallest absolute Gasteiger partial charge is 0.0208 e. The fourth-order valence-electron chi connectivity index (χ4n) is 1.69. The second kappa shape index (κ2) is 6.59. The second-order valence-corrected chi connectivity index (χ2v) is 4.09. The highest BCUT2D eigenvalue weighted by Crippen LogP contribution is 2.05. The molecule has 2 heteroatoms. The molecule has 0 fully saturated rings. The van der Waals surface area contributed by atoms with Crippen LogP contribution in [0, 0.1) is 0 Å². The van der Waals surface area contributed by atoms with Crippen LogP contribution in [0.2, 0.25) is 0 Å². The lowest BCUT2D eigenvalue weighted by Gasteiger charge is -2.12. The zero-order chi connectivity index (χ0) is 11.1. The van der Waals surface area contributed by atoms with E-state index < -0.39 is 0 Å². The molecule has 0 spiro atoms. The van der Waals surface area contributed by atoms with Crippen molar-refractivity contribution in [1.29, 1.82) is 0 Å². The fraction of sp³-hybridized carbons (Fsp3) is 0.538. The summed E-state index contributed by atoms with van der Waals surface area (Å²) < 4.78 is 0. The molecule has 0 aliphatic heterocycles. The topological polar surface area (TPSA) is 38.0 Å². The molecule has 1 unspecified atom stereocenters. The first-order chi connectivity index (χ1) is 7.26. The molecule has 0 saturated carbocycles. The van der Waals surface area contributed by atoms with Gasteiger partial charge in [0, 0.05) is 19.1 Å².